The molecule has 2 saturated heterocycles. The highest BCUT2D eigenvalue weighted by atomic mass is 16.5. The molecule has 0 unspecified atom stereocenters. The van der Waals surface area contributed by atoms with Crippen molar-refractivity contribution in [1.82, 2.24) is 0 Å². The number of fused-ring (bicyclic) bond motifs is 1. The number of amides is 1. The number of ether oxygens (including phenoxy) is 3. The van der Waals surface area contributed by atoms with Gasteiger partial charge >= 0.3 is 0 Å². The van der Waals surface area contributed by atoms with Crippen molar-refractivity contribution in [3.8, 4) is 11.5 Å². The van der Waals surface area contributed by atoms with Crippen LogP contribution >= 0.6 is 0 Å². The lowest BCUT2D eigenvalue weighted by Gasteiger charge is -2.24. The van der Waals surface area contributed by atoms with Crippen molar-refractivity contribution < 1.29 is 28.9 Å². The van der Waals surface area contributed by atoms with Gasteiger partial charge in [-0.2, -0.15) is 0 Å². The number of hydrogen-bond acceptors (Lipinski definition) is 6. The number of aliphatic carboxylic acids is 1. The van der Waals surface area contributed by atoms with E-state index in [2.05, 4.69) is 0 Å². The lowest BCUT2D eigenvalue weighted by molar-refractivity contribution is -0.313. The Balaban J connectivity index is 1.74. The molecule has 0 saturated carbocycles. The fraction of sp³-hybridized carbons (Fsp3) is 0.412. The molecule has 1 aromatic rings. The van der Waals surface area contributed by atoms with Crippen LogP contribution in [-0.4, -0.2) is 44.3 Å². The summed E-state index contributed by atoms with van der Waals surface area (Å²) in [4.78, 5) is 26.0. The molecule has 2 bridgehead atoms. The fourth-order valence-corrected chi connectivity index (χ4v) is 3.98. The number of carbonyl (C=O) groups is 2. The minimum absolute atomic E-state index is 0.246. The Labute approximate surface area is 138 Å². The summed E-state index contributed by atoms with van der Waals surface area (Å²) in [5.41, 5.74) is -0.345. The summed E-state index contributed by atoms with van der Waals surface area (Å²) in [5.74, 6) is -2.21. The smallest absolute Gasteiger partial charge is 0.234 e. The third-order valence-electron chi connectivity index (χ3n) is 5.05. The summed E-state index contributed by atoms with van der Waals surface area (Å²) in [7, 11) is 3.05. The Hall–Kier alpha value is -2.54. The predicted molar refractivity (Wildman–Crippen MR) is 80.6 cm³/mol. The van der Waals surface area contributed by atoms with Crippen molar-refractivity contribution in [3.05, 3.63) is 30.4 Å². The molecule has 2 fully saturated rings. The summed E-state index contributed by atoms with van der Waals surface area (Å²) < 4.78 is 16.4. The predicted octanol–water partition coefficient (Wildman–Crippen LogP) is -0.260. The first kappa shape index (κ1) is 15.0. The zero-order valence-corrected chi connectivity index (χ0v) is 13.2. The number of nitrogens with zero attached hydrogens (tertiary/aromatic N) is 1. The van der Waals surface area contributed by atoms with Gasteiger partial charge in [0.25, 0.3) is 0 Å². The van der Waals surface area contributed by atoms with Gasteiger partial charge in [0, 0.05) is 18.0 Å². The highest BCUT2D eigenvalue weighted by Crippen LogP contribution is 2.53. The Bertz CT molecular complexity index is 759. The molecule has 0 aromatic heterocycles. The second-order valence-electron chi connectivity index (χ2n) is 6.18. The van der Waals surface area contributed by atoms with E-state index in [4.69, 9.17) is 14.2 Å². The van der Waals surface area contributed by atoms with Gasteiger partial charge in [-0.3, -0.25) is 4.79 Å². The number of hydrogen-bond donors (Lipinski definition) is 0. The van der Waals surface area contributed by atoms with Gasteiger partial charge in [0.1, 0.15) is 17.1 Å². The average Bonchev–Trinajstić information content (AvgIpc) is 3.22. The van der Waals surface area contributed by atoms with E-state index < -0.39 is 29.5 Å². The van der Waals surface area contributed by atoms with Crippen molar-refractivity contribution in [2.75, 3.05) is 25.7 Å². The van der Waals surface area contributed by atoms with E-state index in [1.54, 1.807) is 37.5 Å². The lowest BCUT2D eigenvalue weighted by atomic mass is 9.77. The molecular formula is C17H16NO6-. The van der Waals surface area contributed by atoms with Crippen LogP contribution in [0.4, 0.5) is 5.69 Å². The van der Waals surface area contributed by atoms with Gasteiger partial charge < -0.3 is 29.0 Å². The topological polar surface area (TPSA) is 88.1 Å². The summed E-state index contributed by atoms with van der Waals surface area (Å²) >= 11 is 0. The fourth-order valence-electron chi connectivity index (χ4n) is 3.98. The molecule has 7 nitrogen and oxygen atoms in total. The van der Waals surface area contributed by atoms with E-state index in [0.29, 0.717) is 17.2 Å². The maximum absolute atomic E-state index is 12.9. The number of carbonyl (C=O) groups excluding carboxylic acids is 2. The van der Waals surface area contributed by atoms with Gasteiger partial charge in [-0.25, -0.2) is 0 Å². The van der Waals surface area contributed by atoms with Crippen LogP contribution < -0.4 is 19.5 Å². The molecule has 1 amide bonds. The molecule has 3 heterocycles. The SMILES string of the molecule is COc1ccc(N2C[C@]34C=C[C@H](O3)[C@@H](C(=O)[O-])[C@@H]4C2=O)c(OC)c1. The summed E-state index contributed by atoms with van der Waals surface area (Å²) in [5, 5.41) is 11.5. The van der Waals surface area contributed by atoms with Crippen molar-refractivity contribution >= 4 is 17.6 Å². The molecule has 4 atom stereocenters. The molecule has 126 valence electrons. The van der Waals surface area contributed by atoms with E-state index in [9.17, 15) is 14.7 Å². The van der Waals surface area contributed by atoms with Gasteiger partial charge in [-0.1, -0.05) is 12.2 Å². The van der Waals surface area contributed by atoms with E-state index in [1.165, 1.54) is 12.0 Å². The van der Waals surface area contributed by atoms with Crippen LogP contribution in [0, 0.1) is 11.8 Å². The lowest BCUT2D eigenvalue weighted by Crippen LogP contribution is -2.45. The maximum Gasteiger partial charge on any atom is 0.234 e. The number of benzene rings is 1. The number of carboxylic acid groups (broad SMARTS) is 1. The van der Waals surface area contributed by atoms with Gasteiger partial charge in [-0.05, 0) is 12.1 Å². The zero-order valence-electron chi connectivity index (χ0n) is 13.2. The van der Waals surface area contributed by atoms with Gasteiger partial charge in [0.15, 0.2) is 0 Å². The van der Waals surface area contributed by atoms with Crippen molar-refractivity contribution in [2.45, 2.75) is 11.7 Å². The van der Waals surface area contributed by atoms with Gasteiger partial charge in [0.2, 0.25) is 5.91 Å². The standard InChI is InChI=1S/C17H17NO6/c1-22-9-3-4-10(12(7-9)23-2)18-8-17-6-5-11(24-17)13(16(20)21)14(17)15(18)19/h3-7,11,13-14H,8H2,1-2H3,(H,20,21)/p-1/t11-,13+,14+,17-/m0/s1. The minimum atomic E-state index is -1.26. The molecule has 24 heavy (non-hydrogen) atoms. The monoisotopic (exact) mass is 330 g/mol. The van der Waals surface area contributed by atoms with E-state index >= 15 is 0 Å². The molecule has 4 rings (SSSR count). The first-order valence-corrected chi connectivity index (χ1v) is 7.62. The minimum Gasteiger partial charge on any atom is -0.550 e. The molecular weight excluding hydrogens is 314 g/mol. The molecule has 0 radical (unpaired) electrons. The van der Waals surface area contributed by atoms with E-state index in [-0.39, 0.29) is 12.5 Å². The third-order valence-corrected chi connectivity index (χ3v) is 5.05. The van der Waals surface area contributed by atoms with Crippen LogP contribution in [0.5, 0.6) is 11.5 Å². The van der Waals surface area contributed by atoms with Crippen LogP contribution in [0.3, 0.4) is 0 Å². The molecule has 0 aliphatic carbocycles. The summed E-state index contributed by atoms with van der Waals surface area (Å²) in [6, 6.07) is 5.12. The van der Waals surface area contributed by atoms with Crippen LogP contribution in [-0.2, 0) is 14.3 Å². The molecule has 1 aromatic carbocycles. The Morgan fingerprint density at radius 1 is 1.38 bits per heavy atom. The van der Waals surface area contributed by atoms with Crippen LogP contribution in [0.25, 0.3) is 0 Å². The molecule has 3 aliphatic heterocycles. The molecule has 1 spiro atoms. The molecule has 3 aliphatic rings. The second-order valence-corrected chi connectivity index (χ2v) is 6.18. The highest BCUT2D eigenvalue weighted by Gasteiger charge is 2.65. The number of carboxylic acids is 1. The van der Waals surface area contributed by atoms with E-state index in [0.717, 1.165) is 0 Å². The molecule has 7 heteroatoms. The van der Waals surface area contributed by atoms with Gasteiger partial charge in [-0.15, -0.1) is 0 Å². The van der Waals surface area contributed by atoms with Crippen molar-refractivity contribution in [2.24, 2.45) is 11.8 Å². The van der Waals surface area contributed by atoms with Crippen LogP contribution in [0.1, 0.15) is 0 Å². The Morgan fingerprint density at radius 3 is 2.83 bits per heavy atom. The number of rotatable bonds is 4. The number of methoxy groups -OCH3 is 2. The van der Waals surface area contributed by atoms with Gasteiger partial charge in [0.05, 0.1) is 38.5 Å². The first-order valence-electron chi connectivity index (χ1n) is 7.62. The number of anilines is 1. The zero-order chi connectivity index (χ0) is 17.1. The van der Waals surface area contributed by atoms with Crippen LogP contribution in [0.2, 0.25) is 0 Å². The van der Waals surface area contributed by atoms with Crippen molar-refractivity contribution in [1.29, 1.82) is 0 Å². The highest BCUT2D eigenvalue weighted by molar-refractivity contribution is 6.03. The normalized spacial score (nSPS) is 33.0. The third kappa shape index (κ3) is 1.81. The second kappa shape index (κ2) is 4.98. The van der Waals surface area contributed by atoms with Crippen molar-refractivity contribution in [3.63, 3.8) is 0 Å². The molecule has 0 N–H and O–H groups in total. The van der Waals surface area contributed by atoms with E-state index in [1.807, 2.05) is 0 Å². The van der Waals surface area contributed by atoms with Crippen LogP contribution in [0.15, 0.2) is 30.4 Å². The Morgan fingerprint density at radius 2 is 2.17 bits per heavy atom. The first-order chi connectivity index (χ1) is 11.5. The largest absolute Gasteiger partial charge is 0.550 e. The Kier molecular flexibility index (Phi) is 3.11. The quantitative estimate of drug-likeness (QED) is 0.707. The summed E-state index contributed by atoms with van der Waals surface area (Å²) in [6.45, 7) is 0.246. The summed E-state index contributed by atoms with van der Waals surface area (Å²) in [6.07, 6.45) is 2.91. The maximum atomic E-state index is 12.9. The average molecular weight is 330 g/mol.